The van der Waals surface area contributed by atoms with Crippen LogP contribution in [0.25, 0.3) is 22.1 Å². The van der Waals surface area contributed by atoms with Gasteiger partial charge in [0, 0.05) is 0 Å². The van der Waals surface area contributed by atoms with Crippen LogP contribution in [-0.2, 0) is 23.7 Å². The van der Waals surface area contributed by atoms with Gasteiger partial charge in [0.15, 0.2) is 23.5 Å². The lowest BCUT2D eigenvalue weighted by atomic mass is 9.97. The summed E-state index contributed by atoms with van der Waals surface area (Å²) in [5, 5.41) is 21.3. The van der Waals surface area contributed by atoms with Gasteiger partial charge < -0.3 is 43.1 Å². The lowest BCUT2D eigenvalue weighted by Gasteiger charge is -2.44. The maximum atomic E-state index is 14.0. The first-order chi connectivity index (χ1) is 30.6. The molecule has 0 aliphatic carbocycles. The molecule has 0 bridgehead atoms. The first-order valence-electron chi connectivity index (χ1n) is 19.5. The third-order valence-electron chi connectivity index (χ3n) is 10.0. The van der Waals surface area contributed by atoms with Crippen LogP contribution in [0.2, 0.25) is 0 Å². The Morgan fingerprint density at radius 3 is 1.54 bits per heavy atom. The number of benzene rings is 6. The molecule has 2 heterocycles. The van der Waals surface area contributed by atoms with Crippen molar-refractivity contribution in [3.05, 3.63) is 196 Å². The van der Waals surface area contributed by atoms with Gasteiger partial charge in [0.2, 0.25) is 23.6 Å². The molecule has 0 spiro atoms. The molecule has 7 aromatic rings. The van der Waals surface area contributed by atoms with Crippen molar-refractivity contribution in [3.8, 4) is 28.4 Å². The molecule has 14 heteroatoms. The van der Waals surface area contributed by atoms with Crippen molar-refractivity contribution in [1.29, 1.82) is 0 Å². The molecule has 0 saturated carbocycles. The molecule has 0 radical (unpaired) electrons. The largest absolute Gasteiger partial charge is 0.508 e. The van der Waals surface area contributed by atoms with E-state index in [0.29, 0.717) is 5.56 Å². The van der Waals surface area contributed by atoms with Gasteiger partial charge in [-0.05, 0) is 78.4 Å². The third kappa shape index (κ3) is 9.26. The number of carbonyl (C=O) groups is 4. The lowest BCUT2D eigenvalue weighted by Crippen LogP contribution is -2.63. The lowest BCUT2D eigenvalue weighted by molar-refractivity contribution is -0.275. The number of hydrogen-bond donors (Lipinski definition) is 2. The van der Waals surface area contributed by atoms with Crippen LogP contribution in [0.4, 0.5) is 0 Å². The van der Waals surface area contributed by atoms with Crippen LogP contribution >= 0.6 is 0 Å². The number of fused-ring (bicyclic) bond motifs is 1. The Bertz CT molecular complexity index is 2790. The van der Waals surface area contributed by atoms with Gasteiger partial charge >= 0.3 is 23.9 Å². The zero-order valence-corrected chi connectivity index (χ0v) is 33.0. The van der Waals surface area contributed by atoms with Crippen LogP contribution < -0.4 is 10.2 Å². The van der Waals surface area contributed by atoms with E-state index in [1.165, 1.54) is 84.9 Å². The second-order valence-electron chi connectivity index (χ2n) is 14.1. The topological polar surface area (TPSA) is 194 Å². The molecule has 316 valence electrons. The second-order valence-corrected chi connectivity index (χ2v) is 14.1. The van der Waals surface area contributed by atoms with Gasteiger partial charge in [-0.15, -0.1) is 0 Å². The number of carbonyl (C=O) groups excluding carboxylic acids is 4. The van der Waals surface area contributed by atoms with Crippen LogP contribution in [0.15, 0.2) is 173 Å². The van der Waals surface area contributed by atoms with E-state index < -0.39 is 72.4 Å². The highest BCUT2D eigenvalue weighted by atomic mass is 16.7. The van der Waals surface area contributed by atoms with E-state index >= 15 is 0 Å². The van der Waals surface area contributed by atoms with Gasteiger partial charge in [-0.3, -0.25) is 4.79 Å². The summed E-state index contributed by atoms with van der Waals surface area (Å²) >= 11 is 0. The van der Waals surface area contributed by atoms with Crippen molar-refractivity contribution in [2.24, 2.45) is 0 Å². The second kappa shape index (κ2) is 18.6. The Morgan fingerprint density at radius 2 is 1.02 bits per heavy atom. The SMILES string of the molecule is O=C(OC[C@H]1O[C@@H](Oc2ccc3c(=O)c(-c4ccc(O)cc4)coc3c2O)[C@H](OC(=O)c2ccccc2)[C@H](OC(=O)c2ccccc2)[C@@H]1OC(=O)c1ccccc1)c1ccccc1. The fraction of sp³-hybridized carbons (Fsp3) is 0.122. The molecule has 1 saturated heterocycles. The summed E-state index contributed by atoms with van der Waals surface area (Å²) in [4.78, 5) is 68.6. The highest BCUT2D eigenvalue weighted by Gasteiger charge is 2.54. The van der Waals surface area contributed by atoms with Gasteiger partial charge in [-0.1, -0.05) is 84.9 Å². The zero-order chi connectivity index (χ0) is 43.9. The third-order valence-corrected chi connectivity index (χ3v) is 10.0. The monoisotopic (exact) mass is 848 g/mol. The Labute approximate surface area is 358 Å². The molecule has 2 N–H and O–H groups in total. The Morgan fingerprint density at radius 1 is 0.540 bits per heavy atom. The molecular formula is C49H36O14. The van der Waals surface area contributed by atoms with Crippen LogP contribution in [0.1, 0.15) is 41.4 Å². The number of rotatable bonds is 12. The minimum atomic E-state index is -1.80. The molecule has 8 rings (SSSR count). The van der Waals surface area contributed by atoms with E-state index in [0.717, 1.165) is 6.26 Å². The smallest absolute Gasteiger partial charge is 0.338 e. The maximum Gasteiger partial charge on any atom is 0.338 e. The first-order valence-corrected chi connectivity index (χ1v) is 19.5. The molecule has 63 heavy (non-hydrogen) atoms. The molecule has 1 aromatic heterocycles. The summed E-state index contributed by atoms with van der Waals surface area (Å²) in [6.07, 6.45) is -7.27. The van der Waals surface area contributed by atoms with E-state index in [2.05, 4.69) is 0 Å². The Balaban J connectivity index is 1.22. The summed E-state index contributed by atoms with van der Waals surface area (Å²) in [6, 6.07) is 40.1. The van der Waals surface area contributed by atoms with Crippen LogP contribution in [0.5, 0.6) is 17.2 Å². The van der Waals surface area contributed by atoms with E-state index in [9.17, 15) is 34.2 Å². The van der Waals surface area contributed by atoms with E-state index in [-0.39, 0.29) is 50.3 Å². The van der Waals surface area contributed by atoms with Crippen molar-refractivity contribution in [3.63, 3.8) is 0 Å². The predicted octanol–water partition coefficient (Wildman–Crippen LogP) is 7.51. The number of esters is 4. The summed E-state index contributed by atoms with van der Waals surface area (Å²) in [5.74, 6) is -4.48. The molecule has 0 amide bonds. The predicted molar refractivity (Wildman–Crippen MR) is 224 cm³/mol. The first kappa shape index (κ1) is 41.5. The minimum Gasteiger partial charge on any atom is -0.508 e. The van der Waals surface area contributed by atoms with Crippen molar-refractivity contribution < 1.29 is 62.2 Å². The average molecular weight is 849 g/mol. The number of phenolic OH excluding ortho intramolecular Hbond substituents is 2. The van der Waals surface area contributed by atoms with Crippen LogP contribution in [0.3, 0.4) is 0 Å². The Kier molecular flexibility index (Phi) is 12.2. The molecule has 1 fully saturated rings. The van der Waals surface area contributed by atoms with E-state index in [1.807, 2.05) is 0 Å². The molecule has 5 atom stereocenters. The number of hydrogen-bond acceptors (Lipinski definition) is 14. The van der Waals surface area contributed by atoms with Crippen molar-refractivity contribution in [2.75, 3.05) is 6.61 Å². The summed E-state index contributed by atoms with van der Waals surface area (Å²) < 4.78 is 42.3. The van der Waals surface area contributed by atoms with Crippen LogP contribution in [0, 0.1) is 0 Å². The van der Waals surface area contributed by atoms with Gasteiger partial charge in [-0.2, -0.15) is 0 Å². The zero-order valence-electron chi connectivity index (χ0n) is 33.0. The van der Waals surface area contributed by atoms with Crippen molar-refractivity contribution in [1.82, 2.24) is 0 Å². The van der Waals surface area contributed by atoms with Crippen LogP contribution in [-0.4, -0.2) is 71.4 Å². The summed E-state index contributed by atoms with van der Waals surface area (Å²) in [5.41, 5.74) is 0.275. The van der Waals surface area contributed by atoms with E-state index in [4.69, 9.17) is 32.8 Å². The van der Waals surface area contributed by atoms with Gasteiger partial charge in [-0.25, -0.2) is 19.2 Å². The normalized spacial score (nSPS) is 18.1. The van der Waals surface area contributed by atoms with E-state index in [1.54, 1.807) is 72.8 Å². The quantitative estimate of drug-likeness (QED) is 0.0906. The number of phenols is 2. The molecule has 0 unspecified atom stereocenters. The summed E-state index contributed by atoms with van der Waals surface area (Å²) in [7, 11) is 0. The van der Waals surface area contributed by atoms with Gasteiger partial charge in [0.05, 0.1) is 33.2 Å². The molecular weight excluding hydrogens is 813 g/mol. The standard InChI is InChI=1S/C49H36O14/c50-34-23-21-29(22-24-34)36-27-57-41-35(39(36)51)25-26-37(40(41)52)59-49-44(63-48(56)33-19-11-4-12-20-33)43(62-47(55)32-17-9-3-10-18-32)42(61-46(54)31-15-7-2-8-16-31)38(60-49)28-58-45(53)30-13-5-1-6-14-30/h1-27,38,42-44,49-50,52H,28H2/t38-,42-,43-,44-,49-/m1/s1. The molecule has 1 aliphatic rings. The van der Waals surface area contributed by atoms with Gasteiger partial charge in [0.25, 0.3) is 0 Å². The van der Waals surface area contributed by atoms with Crippen molar-refractivity contribution in [2.45, 2.75) is 30.7 Å². The number of ether oxygens (including phenoxy) is 6. The highest BCUT2D eigenvalue weighted by Crippen LogP contribution is 2.39. The average Bonchev–Trinajstić information content (AvgIpc) is 3.32. The molecule has 6 aromatic carbocycles. The molecule has 1 aliphatic heterocycles. The maximum absolute atomic E-state index is 14.0. The van der Waals surface area contributed by atoms with Gasteiger partial charge in [0.1, 0.15) is 24.7 Å². The highest BCUT2D eigenvalue weighted by molar-refractivity contribution is 5.92. The molecule has 14 nitrogen and oxygen atoms in total. The minimum absolute atomic E-state index is 0.00427. The van der Waals surface area contributed by atoms with Crippen molar-refractivity contribution >= 4 is 34.8 Å². The summed E-state index contributed by atoms with van der Waals surface area (Å²) in [6.45, 7) is -0.613. The Hall–Kier alpha value is -8.23. The fourth-order valence-electron chi connectivity index (χ4n) is 6.85. The number of aromatic hydroxyl groups is 2. The fourth-order valence-corrected chi connectivity index (χ4v) is 6.85.